The first-order chi connectivity index (χ1) is 28.2. The molecule has 3 amide bonds. The van der Waals surface area contributed by atoms with E-state index in [-0.39, 0.29) is 17.9 Å². The zero-order valence-electron chi connectivity index (χ0n) is 34.7. The third-order valence-electron chi connectivity index (χ3n) is 9.73. The number of amides is 3. The first-order valence-corrected chi connectivity index (χ1v) is 23.1. The standard InChI is InChI=1S/C24H30N4O3S2.C19H22N4OS2/c1-24(2,3)31-23(30)28-13-10-15-18(14-28)33-22(26-19(29)11-12-27(4)5)20(15)21-25-16-8-6-7-9-17(16)32-21;1-23(2)10-8-16(24)22-19-17(12-7-9-20-11-15(12)26-19)18-21-13-5-3-4-6-14(13)25-18/h6-9H,10-14H2,1-5H3,(H,26,29);3-6,20H,7-11H2,1-2H3,(H,22,24). The summed E-state index contributed by atoms with van der Waals surface area (Å²) in [5.41, 5.74) is 6.08. The van der Waals surface area contributed by atoms with Gasteiger partial charge in [-0.05, 0) is 104 Å². The number of rotatable bonds is 10. The van der Waals surface area contributed by atoms with Crippen LogP contribution in [0.4, 0.5) is 14.8 Å². The second kappa shape index (κ2) is 18.5. The lowest BCUT2D eigenvalue weighted by Crippen LogP contribution is -2.39. The molecule has 0 saturated heterocycles. The molecular weight excluding hydrogens is 821 g/mol. The SMILES string of the molecule is CN(C)CCC(=O)Nc1sc2c(c1-c1nc3ccccc3s1)CCN(C(=O)OC(C)(C)C)C2.CN(C)CCC(=O)Nc1sc2c(c1-c1nc3ccccc3s1)CCNC2. The highest BCUT2D eigenvalue weighted by Gasteiger charge is 2.32. The van der Waals surface area contributed by atoms with Gasteiger partial charge >= 0.3 is 6.09 Å². The Balaban J connectivity index is 0.000000184. The fraction of sp³-hybridized carbons (Fsp3) is 0.419. The van der Waals surface area contributed by atoms with Crippen molar-refractivity contribution in [2.75, 3.05) is 65.0 Å². The Morgan fingerprint density at radius 3 is 1.76 bits per heavy atom. The average molecular weight is 873 g/mol. The molecule has 3 N–H and O–H groups in total. The molecule has 6 aromatic rings. The van der Waals surface area contributed by atoms with Gasteiger partial charge in [-0.2, -0.15) is 0 Å². The van der Waals surface area contributed by atoms with Crippen LogP contribution < -0.4 is 16.0 Å². The molecule has 4 aromatic heterocycles. The summed E-state index contributed by atoms with van der Waals surface area (Å²) in [6.07, 6.45) is 2.28. The Kier molecular flexibility index (Phi) is 13.5. The van der Waals surface area contributed by atoms with Gasteiger partial charge < -0.3 is 35.4 Å². The summed E-state index contributed by atoms with van der Waals surface area (Å²) < 4.78 is 7.88. The van der Waals surface area contributed by atoms with Crippen LogP contribution in [0.5, 0.6) is 0 Å². The van der Waals surface area contributed by atoms with Crippen LogP contribution in [-0.4, -0.2) is 103 Å². The van der Waals surface area contributed by atoms with E-state index < -0.39 is 5.60 Å². The molecule has 0 saturated carbocycles. The van der Waals surface area contributed by atoms with Gasteiger partial charge in [0, 0.05) is 59.9 Å². The summed E-state index contributed by atoms with van der Waals surface area (Å²) in [6.45, 7) is 9.93. The van der Waals surface area contributed by atoms with Crippen molar-refractivity contribution in [3.05, 3.63) is 69.4 Å². The molecule has 0 fully saturated rings. The third kappa shape index (κ3) is 10.5. The van der Waals surface area contributed by atoms with Crippen LogP contribution in [0.1, 0.15) is 54.5 Å². The van der Waals surface area contributed by atoms with Crippen molar-refractivity contribution >= 4 is 93.7 Å². The van der Waals surface area contributed by atoms with E-state index in [0.29, 0.717) is 38.9 Å². The smallest absolute Gasteiger partial charge is 0.410 e. The zero-order chi connectivity index (χ0) is 41.8. The summed E-state index contributed by atoms with van der Waals surface area (Å²) in [5.74, 6) is 0.0428. The Morgan fingerprint density at radius 1 is 0.746 bits per heavy atom. The first kappa shape index (κ1) is 42.8. The number of thiophene rings is 2. The number of thiazole rings is 2. The summed E-state index contributed by atoms with van der Waals surface area (Å²) in [7, 11) is 7.87. The number of ether oxygens (including phenoxy) is 1. The van der Waals surface area contributed by atoms with Gasteiger partial charge in [-0.15, -0.1) is 45.3 Å². The van der Waals surface area contributed by atoms with Gasteiger partial charge in [-0.1, -0.05) is 24.3 Å². The van der Waals surface area contributed by atoms with Crippen molar-refractivity contribution in [1.29, 1.82) is 0 Å². The molecule has 2 aromatic carbocycles. The fourth-order valence-corrected chi connectivity index (χ4v) is 11.6. The Bertz CT molecular complexity index is 2390. The minimum Gasteiger partial charge on any atom is -0.444 e. The molecule has 0 bridgehead atoms. The highest BCUT2D eigenvalue weighted by Crippen LogP contribution is 2.47. The molecule has 0 atom stereocenters. The maximum absolute atomic E-state index is 12.7. The Morgan fingerprint density at radius 2 is 1.25 bits per heavy atom. The van der Waals surface area contributed by atoms with E-state index in [1.165, 1.54) is 20.7 Å². The largest absolute Gasteiger partial charge is 0.444 e. The third-order valence-corrected chi connectivity index (χ3v) is 14.1. The normalized spacial score (nSPS) is 13.9. The van der Waals surface area contributed by atoms with E-state index in [4.69, 9.17) is 14.7 Å². The van der Waals surface area contributed by atoms with Gasteiger partial charge in [0.2, 0.25) is 11.8 Å². The van der Waals surface area contributed by atoms with Crippen molar-refractivity contribution < 1.29 is 19.1 Å². The molecule has 59 heavy (non-hydrogen) atoms. The van der Waals surface area contributed by atoms with Crippen molar-refractivity contribution in [2.24, 2.45) is 0 Å². The Hall–Kier alpha value is -4.29. The number of hydrogen-bond donors (Lipinski definition) is 3. The van der Waals surface area contributed by atoms with E-state index >= 15 is 0 Å². The number of carbonyl (C=O) groups excluding carboxylic acids is 3. The van der Waals surface area contributed by atoms with Gasteiger partial charge in [0.25, 0.3) is 0 Å². The number of para-hydroxylation sites is 2. The molecule has 12 nitrogen and oxygen atoms in total. The molecule has 2 aliphatic heterocycles. The number of nitrogens with zero attached hydrogens (tertiary/aromatic N) is 5. The lowest BCUT2D eigenvalue weighted by molar-refractivity contribution is -0.117. The topological polar surface area (TPSA) is 132 Å². The summed E-state index contributed by atoms with van der Waals surface area (Å²) in [5, 5.41) is 13.4. The molecule has 8 rings (SSSR count). The van der Waals surface area contributed by atoms with Gasteiger partial charge in [0.1, 0.15) is 25.6 Å². The van der Waals surface area contributed by atoms with Crippen LogP contribution in [0.2, 0.25) is 0 Å². The Labute approximate surface area is 361 Å². The van der Waals surface area contributed by atoms with Crippen LogP contribution in [0.3, 0.4) is 0 Å². The number of anilines is 2. The van der Waals surface area contributed by atoms with E-state index in [1.807, 2.05) is 95.2 Å². The van der Waals surface area contributed by atoms with Crippen LogP contribution in [0.25, 0.3) is 41.6 Å². The molecule has 16 heteroatoms. The first-order valence-electron chi connectivity index (χ1n) is 19.8. The number of nitrogens with one attached hydrogen (secondary N) is 3. The molecule has 0 spiro atoms. The van der Waals surface area contributed by atoms with Gasteiger partial charge in [-0.25, -0.2) is 14.8 Å². The highest BCUT2D eigenvalue weighted by molar-refractivity contribution is 7.23. The number of carbonyl (C=O) groups is 3. The van der Waals surface area contributed by atoms with E-state index in [9.17, 15) is 14.4 Å². The lowest BCUT2D eigenvalue weighted by atomic mass is 10.0. The monoisotopic (exact) mass is 872 g/mol. The molecule has 6 heterocycles. The lowest BCUT2D eigenvalue weighted by Gasteiger charge is -2.30. The summed E-state index contributed by atoms with van der Waals surface area (Å²) in [4.78, 5) is 55.6. The van der Waals surface area contributed by atoms with Crippen LogP contribution in [-0.2, 0) is 40.3 Å². The van der Waals surface area contributed by atoms with E-state index in [1.54, 1.807) is 50.2 Å². The molecular formula is C43H52N8O4S4. The van der Waals surface area contributed by atoms with Gasteiger partial charge in [-0.3, -0.25) is 9.59 Å². The zero-order valence-corrected chi connectivity index (χ0v) is 38.0. The second-order valence-corrected chi connectivity index (χ2v) is 20.4. The summed E-state index contributed by atoms with van der Waals surface area (Å²) >= 11 is 6.56. The maximum atomic E-state index is 12.7. The van der Waals surface area contributed by atoms with Gasteiger partial charge in [0.05, 0.1) is 27.0 Å². The van der Waals surface area contributed by atoms with Crippen molar-refractivity contribution in [2.45, 2.75) is 65.1 Å². The quantitative estimate of drug-likeness (QED) is 0.124. The molecule has 2 aliphatic rings. The van der Waals surface area contributed by atoms with Crippen molar-refractivity contribution in [3.63, 3.8) is 0 Å². The fourth-order valence-electron chi connectivity index (χ4n) is 6.84. The van der Waals surface area contributed by atoms with Gasteiger partial charge in [0.15, 0.2) is 0 Å². The van der Waals surface area contributed by atoms with Crippen LogP contribution in [0.15, 0.2) is 48.5 Å². The highest BCUT2D eigenvalue weighted by atomic mass is 32.1. The number of fused-ring (bicyclic) bond motifs is 4. The predicted molar refractivity (Wildman–Crippen MR) is 245 cm³/mol. The van der Waals surface area contributed by atoms with Crippen LogP contribution >= 0.6 is 45.3 Å². The molecule has 0 aliphatic carbocycles. The van der Waals surface area contributed by atoms with E-state index in [2.05, 4.69) is 28.1 Å². The van der Waals surface area contributed by atoms with Crippen molar-refractivity contribution in [3.8, 4) is 21.1 Å². The predicted octanol–water partition coefficient (Wildman–Crippen LogP) is 8.77. The van der Waals surface area contributed by atoms with Crippen LogP contribution in [0, 0.1) is 0 Å². The molecule has 0 unspecified atom stereocenters. The summed E-state index contributed by atoms with van der Waals surface area (Å²) in [6, 6.07) is 16.3. The number of hydrogen-bond acceptors (Lipinski definition) is 13. The number of benzene rings is 2. The number of aromatic nitrogens is 2. The minimum atomic E-state index is -0.537. The second-order valence-electron chi connectivity index (χ2n) is 16.2. The van der Waals surface area contributed by atoms with E-state index in [0.717, 1.165) is 77.8 Å². The minimum absolute atomic E-state index is 0.0198. The van der Waals surface area contributed by atoms with Crippen molar-refractivity contribution in [1.82, 2.24) is 30.0 Å². The molecule has 312 valence electrons. The average Bonchev–Trinajstić information content (AvgIpc) is 3.97. The maximum Gasteiger partial charge on any atom is 0.410 e. The molecule has 0 radical (unpaired) electrons.